The van der Waals surface area contributed by atoms with E-state index in [-0.39, 0.29) is 12.3 Å². The lowest BCUT2D eigenvalue weighted by Crippen LogP contribution is -2.40. The van der Waals surface area contributed by atoms with Crippen LogP contribution in [-0.4, -0.2) is 32.7 Å². The minimum atomic E-state index is -1.16. The molecule has 2 heterocycles. The number of rotatable bonds is 4. The molecule has 8 nitrogen and oxygen atoms in total. The van der Waals surface area contributed by atoms with Gasteiger partial charge in [-0.1, -0.05) is 19.1 Å². The number of para-hydroxylation sites is 1. The molecular formula is C17H16N6O2. The summed E-state index contributed by atoms with van der Waals surface area (Å²) >= 11 is 0. The van der Waals surface area contributed by atoms with Gasteiger partial charge in [-0.2, -0.15) is 10.4 Å². The summed E-state index contributed by atoms with van der Waals surface area (Å²) in [5, 5.41) is 19.0. The second kappa shape index (κ2) is 5.43. The average molecular weight is 336 g/mol. The van der Waals surface area contributed by atoms with Crippen LogP contribution in [0.25, 0.3) is 22.2 Å². The van der Waals surface area contributed by atoms with Gasteiger partial charge in [0.05, 0.1) is 24.2 Å². The largest absolute Gasteiger partial charge is 0.440 e. The van der Waals surface area contributed by atoms with Gasteiger partial charge in [0, 0.05) is 23.7 Å². The highest BCUT2D eigenvalue weighted by Gasteiger charge is 2.68. The number of carbonyl (C=O) groups excluding carboxylic acids is 1. The highest BCUT2D eigenvalue weighted by Crippen LogP contribution is 2.50. The molecule has 3 atom stereocenters. The number of hydrogen-bond acceptors (Lipinski definition) is 6. The monoisotopic (exact) mass is 336 g/mol. The molecule has 1 amide bonds. The molecule has 0 aliphatic heterocycles. The van der Waals surface area contributed by atoms with E-state index in [0.717, 1.165) is 11.1 Å². The van der Waals surface area contributed by atoms with E-state index in [1.165, 1.54) is 0 Å². The van der Waals surface area contributed by atoms with Gasteiger partial charge >= 0.3 is 0 Å². The molecule has 0 spiro atoms. The second-order valence-corrected chi connectivity index (χ2v) is 6.08. The molecule has 1 fully saturated rings. The van der Waals surface area contributed by atoms with Crippen molar-refractivity contribution in [1.29, 1.82) is 5.26 Å². The number of benzene rings is 1. The Bertz CT molecular complexity index is 986. The minimum Gasteiger partial charge on any atom is -0.440 e. The maximum absolute atomic E-state index is 11.8. The number of carbonyl (C=O) groups is 1. The van der Waals surface area contributed by atoms with Gasteiger partial charge in [-0.05, 0) is 6.07 Å². The maximum atomic E-state index is 11.8. The van der Waals surface area contributed by atoms with Crippen molar-refractivity contribution in [2.24, 2.45) is 5.73 Å². The molecule has 1 aliphatic carbocycles. The van der Waals surface area contributed by atoms with E-state index in [4.69, 9.17) is 10.2 Å². The van der Waals surface area contributed by atoms with Crippen LogP contribution in [0.15, 0.2) is 35.0 Å². The van der Waals surface area contributed by atoms with Crippen molar-refractivity contribution in [3.63, 3.8) is 0 Å². The normalized spacial score (nSPS) is 24.8. The predicted molar refractivity (Wildman–Crippen MR) is 89.1 cm³/mol. The third kappa shape index (κ3) is 2.21. The van der Waals surface area contributed by atoms with Crippen molar-refractivity contribution in [3.8, 4) is 17.2 Å². The number of nitrogens with two attached hydrogens (primary N) is 1. The number of hydrogen-bond donors (Lipinski definition) is 3. The Morgan fingerprint density at radius 3 is 3.08 bits per heavy atom. The van der Waals surface area contributed by atoms with Crippen molar-refractivity contribution in [1.82, 2.24) is 20.5 Å². The summed E-state index contributed by atoms with van der Waals surface area (Å²) in [4.78, 5) is 16.3. The van der Waals surface area contributed by atoms with E-state index < -0.39 is 17.5 Å². The van der Waals surface area contributed by atoms with Crippen LogP contribution in [0.3, 0.4) is 0 Å². The lowest BCUT2D eigenvalue weighted by molar-refractivity contribution is -0.121. The highest BCUT2D eigenvalue weighted by molar-refractivity contribution is 5.90. The molecule has 0 bridgehead atoms. The number of aromatic nitrogens is 3. The molecule has 4 N–H and O–H groups in total. The number of H-pyrrole nitrogens is 1. The summed E-state index contributed by atoms with van der Waals surface area (Å²) in [6.45, 7) is 1.72. The number of fused-ring (bicyclic) bond motifs is 1. The zero-order valence-electron chi connectivity index (χ0n) is 13.5. The molecule has 1 saturated carbocycles. The Kier molecular flexibility index (Phi) is 3.33. The van der Waals surface area contributed by atoms with Crippen molar-refractivity contribution in [2.75, 3.05) is 0 Å². The fraction of sp³-hybridized carbons (Fsp3) is 0.294. The van der Waals surface area contributed by atoms with Gasteiger partial charge in [0.1, 0.15) is 5.52 Å². The van der Waals surface area contributed by atoms with Crippen LogP contribution in [0.5, 0.6) is 0 Å². The predicted octanol–water partition coefficient (Wildman–Crippen LogP) is 1.43. The van der Waals surface area contributed by atoms with Gasteiger partial charge in [-0.3, -0.25) is 9.89 Å². The molecule has 0 radical (unpaired) electrons. The van der Waals surface area contributed by atoms with Crippen LogP contribution in [0.4, 0.5) is 0 Å². The Labute approximate surface area is 143 Å². The zero-order valence-corrected chi connectivity index (χ0v) is 13.5. The summed E-state index contributed by atoms with van der Waals surface area (Å²) in [6.07, 6.45) is 3.75. The number of nitriles is 1. The molecule has 126 valence electrons. The second-order valence-electron chi connectivity index (χ2n) is 6.08. The van der Waals surface area contributed by atoms with Crippen LogP contribution in [-0.2, 0) is 4.79 Å². The van der Waals surface area contributed by atoms with E-state index >= 15 is 0 Å². The molecule has 25 heavy (non-hydrogen) atoms. The zero-order chi connectivity index (χ0) is 17.6. The molecule has 1 aromatic carbocycles. The van der Waals surface area contributed by atoms with Crippen LogP contribution in [0.1, 0.15) is 25.2 Å². The van der Waals surface area contributed by atoms with Gasteiger partial charge in [-0.25, -0.2) is 4.98 Å². The smallest absolute Gasteiger partial charge is 0.221 e. The molecule has 4 rings (SSSR count). The van der Waals surface area contributed by atoms with Gasteiger partial charge in [-0.15, -0.1) is 0 Å². The lowest BCUT2D eigenvalue weighted by atomic mass is 10.1. The highest BCUT2D eigenvalue weighted by atomic mass is 16.3. The summed E-state index contributed by atoms with van der Waals surface area (Å²) in [5.41, 5.74) is 7.96. The number of aromatic amines is 1. The summed E-state index contributed by atoms with van der Waals surface area (Å²) in [6, 6.07) is 7.16. The minimum absolute atomic E-state index is 0.227. The molecular weight excluding hydrogens is 320 g/mol. The van der Waals surface area contributed by atoms with E-state index in [0.29, 0.717) is 17.0 Å². The number of amides is 1. The lowest BCUT2D eigenvalue weighted by Gasteiger charge is -2.09. The Balaban J connectivity index is 1.75. The first kappa shape index (κ1) is 15.4. The Morgan fingerprint density at radius 2 is 2.40 bits per heavy atom. The standard InChI is InChI=1S/C17H16N6O2/c1-2-12(24)23-17(8-18)13(15(17)19)16-22-14-10(9-6-20-21-7-9)4-3-5-11(14)25-16/h3-7,13,15H,2,19H2,1H3,(H,20,21)(H,23,24)/t13-,15+,17+/m1/s1. The average Bonchev–Trinajstić information content (AvgIpc) is 3.06. The number of oxazole rings is 1. The Hall–Kier alpha value is -3.18. The molecule has 0 unspecified atom stereocenters. The molecule has 0 saturated heterocycles. The van der Waals surface area contributed by atoms with Crippen molar-refractivity contribution < 1.29 is 9.21 Å². The first-order chi connectivity index (χ1) is 12.1. The third-order valence-electron chi connectivity index (χ3n) is 4.63. The summed E-state index contributed by atoms with van der Waals surface area (Å²) in [7, 11) is 0. The van der Waals surface area contributed by atoms with E-state index in [2.05, 4.69) is 26.6 Å². The summed E-state index contributed by atoms with van der Waals surface area (Å²) < 4.78 is 5.85. The fourth-order valence-corrected chi connectivity index (χ4v) is 3.15. The Morgan fingerprint density at radius 1 is 1.56 bits per heavy atom. The van der Waals surface area contributed by atoms with E-state index in [9.17, 15) is 10.1 Å². The van der Waals surface area contributed by atoms with Crippen molar-refractivity contribution in [2.45, 2.75) is 30.8 Å². The van der Waals surface area contributed by atoms with Gasteiger partial charge in [0.15, 0.2) is 11.1 Å². The quantitative estimate of drug-likeness (QED) is 0.660. The van der Waals surface area contributed by atoms with Crippen LogP contribution in [0, 0.1) is 11.3 Å². The van der Waals surface area contributed by atoms with Crippen molar-refractivity contribution in [3.05, 3.63) is 36.5 Å². The topological polar surface area (TPSA) is 134 Å². The van der Waals surface area contributed by atoms with Crippen LogP contribution < -0.4 is 11.1 Å². The van der Waals surface area contributed by atoms with E-state index in [1.807, 2.05) is 18.2 Å². The first-order valence-electron chi connectivity index (χ1n) is 7.97. The molecule has 3 aromatic rings. The van der Waals surface area contributed by atoms with Gasteiger partial charge in [0.25, 0.3) is 0 Å². The molecule has 2 aromatic heterocycles. The summed E-state index contributed by atoms with van der Waals surface area (Å²) in [5.74, 6) is -0.344. The maximum Gasteiger partial charge on any atom is 0.221 e. The molecule has 8 heteroatoms. The van der Waals surface area contributed by atoms with Gasteiger partial charge in [0.2, 0.25) is 11.8 Å². The first-order valence-corrected chi connectivity index (χ1v) is 7.97. The molecule has 1 aliphatic rings. The van der Waals surface area contributed by atoms with Crippen molar-refractivity contribution >= 4 is 17.0 Å². The van der Waals surface area contributed by atoms with E-state index in [1.54, 1.807) is 19.3 Å². The third-order valence-corrected chi connectivity index (χ3v) is 4.63. The fourth-order valence-electron chi connectivity index (χ4n) is 3.15. The number of nitrogens with one attached hydrogen (secondary N) is 2. The number of nitrogens with zero attached hydrogens (tertiary/aromatic N) is 3. The van der Waals surface area contributed by atoms with Gasteiger partial charge < -0.3 is 15.5 Å². The van der Waals surface area contributed by atoms with Crippen LogP contribution >= 0.6 is 0 Å². The SMILES string of the molecule is CCC(=O)N[C@]1(C#N)[C@@H](N)[C@@H]1c1nc2c(-c3cn[nH]c3)cccc2o1. The van der Waals surface area contributed by atoms with Crippen LogP contribution in [0.2, 0.25) is 0 Å².